The van der Waals surface area contributed by atoms with Crippen LogP contribution in [0.5, 0.6) is 5.75 Å². The molecule has 1 aromatic carbocycles. The summed E-state index contributed by atoms with van der Waals surface area (Å²) in [7, 11) is 0. The van der Waals surface area contributed by atoms with Crippen LogP contribution in [0.4, 0.5) is 18.7 Å². The van der Waals surface area contributed by atoms with E-state index < -0.39 is 24.1 Å². The smallest absolute Gasteiger partial charge is 0.387 e. The lowest BCUT2D eigenvalue weighted by Gasteiger charge is -2.21. The van der Waals surface area contributed by atoms with Crippen LogP contribution in [0.25, 0.3) is 0 Å². The molecule has 1 aliphatic rings. The standard InChI is InChI=1S/C19H21F2N5O3S/c1-4-25(5-2)18-22-10-14(30-18)11-23-26-15(27)19(3,24-17(26)28)12-6-8-13(9-7-12)29-16(20)21/h6-11,16H,4-5H2,1-3H3,(H,24,28). The van der Waals surface area contributed by atoms with E-state index in [4.69, 9.17) is 0 Å². The van der Waals surface area contributed by atoms with Gasteiger partial charge in [-0.1, -0.05) is 23.5 Å². The van der Waals surface area contributed by atoms with Gasteiger partial charge in [0.15, 0.2) is 5.13 Å². The lowest BCUT2D eigenvalue weighted by molar-refractivity contribution is -0.131. The third-order valence-electron chi connectivity index (χ3n) is 4.67. The Kier molecular flexibility index (Phi) is 6.30. The lowest BCUT2D eigenvalue weighted by atomic mass is 9.92. The highest BCUT2D eigenvalue weighted by molar-refractivity contribution is 7.17. The minimum atomic E-state index is -2.95. The molecule has 2 aromatic rings. The fourth-order valence-corrected chi connectivity index (χ4v) is 3.89. The van der Waals surface area contributed by atoms with Gasteiger partial charge in [0.2, 0.25) is 0 Å². The van der Waals surface area contributed by atoms with Crippen molar-refractivity contribution >= 4 is 34.6 Å². The Hall–Kier alpha value is -3.08. The number of nitrogens with zero attached hydrogens (tertiary/aromatic N) is 4. The molecule has 1 fully saturated rings. The summed E-state index contributed by atoms with van der Waals surface area (Å²) in [6.45, 7) is 4.26. The number of carbonyl (C=O) groups excluding carboxylic acids is 2. The number of carbonyl (C=O) groups is 2. The molecular weight excluding hydrogens is 416 g/mol. The first-order valence-corrected chi connectivity index (χ1v) is 10.1. The number of hydrogen-bond donors (Lipinski definition) is 1. The van der Waals surface area contributed by atoms with Crippen molar-refractivity contribution in [2.24, 2.45) is 5.10 Å². The number of anilines is 1. The Morgan fingerprint density at radius 2 is 1.97 bits per heavy atom. The Morgan fingerprint density at radius 3 is 2.57 bits per heavy atom. The third kappa shape index (κ3) is 4.25. The van der Waals surface area contributed by atoms with E-state index in [1.54, 1.807) is 6.20 Å². The van der Waals surface area contributed by atoms with Crippen LogP contribution in [0.3, 0.4) is 0 Å². The van der Waals surface area contributed by atoms with E-state index in [9.17, 15) is 18.4 Å². The number of rotatable bonds is 8. The van der Waals surface area contributed by atoms with E-state index in [0.29, 0.717) is 10.4 Å². The van der Waals surface area contributed by atoms with Gasteiger partial charge in [0.05, 0.1) is 11.1 Å². The number of amides is 3. The molecule has 8 nitrogen and oxygen atoms in total. The number of imide groups is 1. The van der Waals surface area contributed by atoms with Crippen LogP contribution in [-0.4, -0.2) is 47.8 Å². The number of hydrogen-bond acceptors (Lipinski definition) is 7. The van der Waals surface area contributed by atoms with Crippen LogP contribution in [-0.2, 0) is 10.3 Å². The number of benzene rings is 1. The van der Waals surface area contributed by atoms with E-state index in [1.807, 2.05) is 13.8 Å². The van der Waals surface area contributed by atoms with Gasteiger partial charge in [-0.05, 0) is 38.5 Å². The first-order chi connectivity index (χ1) is 14.3. The number of aromatic nitrogens is 1. The summed E-state index contributed by atoms with van der Waals surface area (Å²) in [6, 6.07) is 4.83. The molecule has 0 saturated carbocycles. The van der Waals surface area contributed by atoms with Crippen molar-refractivity contribution in [3.63, 3.8) is 0 Å². The van der Waals surface area contributed by atoms with Crippen LogP contribution in [0.15, 0.2) is 35.6 Å². The highest BCUT2D eigenvalue weighted by Crippen LogP contribution is 2.30. The molecule has 1 aromatic heterocycles. The van der Waals surface area contributed by atoms with Crippen LogP contribution >= 0.6 is 11.3 Å². The molecule has 2 heterocycles. The number of hydrazone groups is 1. The van der Waals surface area contributed by atoms with Crippen molar-refractivity contribution in [1.82, 2.24) is 15.3 Å². The summed E-state index contributed by atoms with van der Waals surface area (Å²) in [4.78, 5) is 32.3. The summed E-state index contributed by atoms with van der Waals surface area (Å²) in [5.74, 6) is -0.627. The Labute approximate surface area is 176 Å². The van der Waals surface area contributed by atoms with E-state index in [1.165, 1.54) is 48.7 Å². The van der Waals surface area contributed by atoms with Crippen LogP contribution in [0.1, 0.15) is 31.2 Å². The summed E-state index contributed by atoms with van der Waals surface area (Å²) >= 11 is 1.40. The van der Waals surface area contributed by atoms with Crippen molar-refractivity contribution < 1.29 is 23.1 Å². The summed E-state index contributed by atoms with van der Waals surface area (Å²) in [5.41, 5.74) is -0.959. The van der Waals surface area contributed by atoms with Crippen molar-refractivity contribution in [1.29, 1.82) is 0 Å². The first kappa shape index (κ1) is 21.6. The number of nitrogens with one attached hydrogen (secondary N) is 1. The second-order valence-corrected chi connectivity index (χ2v) is 7.58. The number of ether oxygens (including phenoxy) is 1. The number of alkyl halides is 2. The van der Waals surface area contributed by atoms with Crippen LogP contribution in [0.2, 0.25) is 0 Å². The van der Waals surface area contributed by atoms with Crippen molar-refractivity contribution in [2.75, 3.05) is 18.0 Å². The second kappa shape index (κ2) is 8.74. The Morgan fingerprint density at radius 1 is 1.30 bits per heavy atom. The zero-order valence-corrected chi connectivity index (χ0v) is 17.4. The molecule has 11 heteroatoms. The highest BCUT2D eigenvalue weighted by atomic mass is 32.1. The SMILES string of the molecule is CCN(CC)c1ncc(C=NN2C(=O)NC(C)(c3ccc(OC(F)F)cc3)C2=O)s1. The van der Waals surface area contributed by atoms with Gasteiger partial charge in [0.1, 0.15) is 11.3 Å². The van der Waals surface area contributed by atoms with Gasteiger partial charge in [-0.3, -0.25) is 4.79 Å². The van der Waals surface area contributed by atoms with Crippen molar-refractivity contribution in [2.45, 2.75) is 32.9 Å². The normalized spacial score (nSPS) is 19.1. The van der Waals surface area contributed by atoms with E-state index >= 15 is 0 Å². The van der Waals surface area contributed by atoms with Crippen LogP contribution in [0, 0.1) is 0 Å². The lowest BCUT2D eigenvalue weighted by Crippen LogP contribution is -2.40. The van der Waals surface area contributed by atoms with Crippen LogP contribution < -0.4 is 15.0 Å². The molecule has 1 atom stereocenters. The molecule has 160 valence electrons. The maximum absolute atomic E-state index is 12.9. The summed E-state index contributed by atoms with van der Waals surface area (Å²) < 4.78 is 28.9. The molecule has 0 aliphatic carbocycles. The van der Waals surface area contributed by atoms with Gasteiger partial charge < -0.3 is 15.0 Å². The summed E-state index contributed by atoms with van der Waals surface area (Å²) in [6.07, 6.45) is 3.04. The minimum Gasteiger partial charge on any atom is -0.435 e. The fraction of sp³-hybridized carbons (Fsp3) is 0.368. The zero-order chi connectivity index (χ0) is 21.9. The topological polar surface area (TPSA) is 87.1 Å². The Balaban J connectivity index is 1.76. The van der Waals surface area contributed by atoms with Gasteiger partial charge in [0, 0.05) is 19.3 Å². The van der Waals surface area contributed by atoms with Gasteiger partial charge >= 0.3 is 12.6 Å². The predicted molar refractivity (Wildman–Crippen MR) is 109 cm³/mol. The molecule has 1 aliphatic heterocycles. The van der Waals surface area contributed by atoms with Gasteiger partial charge in [-0.25, -0.2) is 9.78 Å². The predicted octanol–water partition coefficient (Wildman–Crippen LogP) is 3.39. The van der Waals surface area contributed by atoms with E-state index in [0.717, 1.165) is 23.2 Å². The highest BCUT2D eigenvalue weighted by Gasteiger charge is 2.49. The monoisotopic (exact) mass is 437 g/mol. The summed E-state index contributed by atoms with van der Waals surface area (Å²) in [5, 5.41) is 8.21. The molecular formula is C19H21F2N5O3S. The number of thiazole rings is 1. The largest absolute Gasteiger partial charge is 0.435 e. The molecule has 1 unspecified atom stereocenters. The average molecular weight is 437 g/mol. The van der Waals surface area contributed by atoms with Gasteiger partial charge in [-0.2, -0.15) is 13.9 Å². The zero-order valence-electron chi connectivity index (χ0n) is 16.6. The Bertz CT molecular complexity index is 946. The second-order valence-electron chi connectivity index (χ2n) is 6.54. The maximum atomic E-state index is 12.9. The molecule has 0 spiro atoms. The number of halogens is 2. The van der Waals surface area contributed by atoms with Gasteiger partial charge in [0.25, 0.3) is 5.91 Å². The molecule has 0 bridgehead atoms. The fourth-order valence-electron chi connectivity index (χ4n) is 2.99. The minimum absolute atomic E-state index is 0.0433. The van der Waals surface area contributed by atoms with Crippen molar-refractivity contribution in [3.05, 3.63) is 40.9 Å². The molecule has 30 heavy (non-hydrogen) atoms. The van der Waals surface area contributed by atoms with Crippen molar-refractivity contribution in [3.8, 4) is 5.75 Å². The molecule has 3 amide bonds. The molecule has 1 saturated heterocycles. The molecule has 3 rings (SSSR count). The number of urea groups is 1. The maximum Gasteiger partial charge on any atom is 0.387 e. The van der Waals surface area contributed by atoms with Gasteiger partial charge in [-0.15, -0.1) is 5.01 Å². The third-order valence-corrected chi connectivity index (χ3v) is 5.66. The first-order valence-electron chi connectivity index (χ1n) is 9.25. The average Bonchev–Trinajstić information content (AvgIpc) is 3.25. The molecule has 0 radical (unpaired) electrons. The quantitative estimate of drug-likeness (QED) is 0.505. The van der Waals surface area contributed by atoms with E-state index in [-0.39, 0.29) is 5.75 Å². The molecule has 1 N–H and O–H groups in total. The van der Waals surface area contributed by atoms with E-state index in [2.05, 4.69) is 25.0 Å².